The minimum atomic E-state index is -0.583. The summed E-state index contributed by atoms with van der Waals surface area (Å²) in [7, 11) is 0. The second-order valence-corrected chi connectivity index (χ2v) is 5.29. The molecule has 0 saturated carbocycles. The van der Waals surface area contributed by atoms with Gasteiger partial charge in [0.25, 0.3) is 5.91 Å². The van der Waals surface area contributed by atoms with Crippen LogP contribution in [0.25, 0.3) is 0 Å². The first-order valence-corrected chi connectivity index (χ1v) is 6.93. The molecule has 0 aromatic heterocycles. The number of carbonyl (C=O) groups is 2. The minimum Gasteiger partial charge on any atom is -0.379 e. The number of hydrogen-bond acceptors (Lipinski definition) is 3. The van der Waals surface area contributed by atoms with Crippen molar-refractivity contribution in [3.63, 3.8) is 0 Å². The lowest BCUT2D eigenvalue weighted by Gasteiger charge is -2.40. The number of nitrogens with one attached hydrogen (secondary N) is 1. The van der Waals surface area contributed by atoms with Gasteiger partial charge in [-0.3, -0.25) is 9.59 Å². The molecular formula is C15H18N2O3. The van der Waals surface area contributed by atoms with Crippen molar-refractivity contribution in [2.45, 2.75) is 31.5 Å². The summed E-state index contributed by atoms with van der Waals surface area (Å²) in [6.45, 7) is 2.94. The Hall–Kier alpha value is -1.88. The molecule has 2 saturated heterocycles. The van der Waals surface area contributed by atoms with E-state index in [9.17, 15) is 9.59 Å². The van der Waals surface area contributed by atoms with Gasteiger partial charge in [-0.15, -0.1) is 0 Å². The lowest BCUT2D eigenvalue weighted by atomic mass is 9.99. The van der Waals surface area contributed by atoms with Gasteiger partial charge in [-0.2, -0.15) is 0 Å². The molecule has 1 aromatic carbocycles. The van der Waals surface area contributed by atoms with E-state index < -0.39 is 12.1 Å². The quantitative estimate of drug-likeness (QED) is 0.870. The average Bonchev–Trinajstić information content (AvgIpc) is 2.98. The Balaban J connectivity index is 1.90. The summed E-state index contributed by atoms with van der Waals surface area (Å²) in [6, 6.07) is 8.35. The predicted molar refractivity (Wildman–Crippen MR) is 72.9 cm³/mol. The molecule has 0 spiro atoms. The van der Waals surface area contributed by atoms with Crippen LogP contribution in [0.1, 0.15) is 24.9 Å². The van der Waals surface area contributed by atoms with E-state index in [2.05, 4.69) is 5.32 Å². The van der Waals surface area contributed by atoms with Gasteiger partial charge in [0.05, 0.1) is 12.6 Å². The van der Waals surface area contributed by atoms with Gasteiger partial charge in [0.15, 0.2) is 0 Å². The van der Waals surface area contributed by atoms with E-state index in [1.54, 1.807) is 11.8 Å². The lowest BCUT2D eigenvalue weighted by molar-refractivity contribution is -0.151. The first-order valence-electron chi connectivity index (χ1n) is 6.93. The Morgan fingerprint density at radius 1 is 1.25 bits per heavy atom. The SMILES string of the molecule is CC1C(=O)NC(c2ccccc2)C(=O)N1C1CCOC1. The molecule has 2 amide bonds. The van der Waals surface area contributed by atoms with Crippen LogP contribution in [0.15, 0.2) is 30.3 Å². The zero-order valence-electron chi connectivity index (χ0n) is 11.4. The number of hydrogen-bond donors (Lipinski definition) is 1. The number of benzene rings is 1. The molecule has 0 aliphatic carbocycles. The second-order valence-electron chi connectivity index (χ2n) is 5.29. The van der Waals surface area contributed by atoms with Gasteiger partial charge in [0.1, 0.15) is 12.1 Å². The fraction of sp³-hybridized carbons (Fsp3) is 0.467. The molecular weight excluding hydrogens is 256 g/mol. The van der Waals surface area contributed by atoms with E-state index >= 15 is 0 Å². The third-order valence-electron chi connectivity index (χ3n) is 4.02. The number of rotatable bonds is 2. The molecule has 1 aromatic rings. The summed E-state index contributed by atoms with van der Waals surface area (Å²) in [5, 5.41) is 2.81. The maximum atomic E-state index is 12.7. The molecule has 1 N–H and O–H groups in total. The molecule has 5 heteroatoms. The van der Waals surface area contributed by atoms with Crippen LogP contribution in [0.3, 0.4) is 0 Å². The third-order valence-corrected chi connectivity index (χ3v) is 4.02. The standard InChI is InChI=1S/C15H18N2O3/c1-10-14(18)16-13(11-5-3-2-4-6-11)15(19)17(10)12-7-8-20-9-12/h2-6,10,12-13H,7-9H2,1H3,(H,16,18). The first-order chi connectivity index (χ1) is 9.68. The van der Waals surface area contributed by atoms with Crippen molar-refractivity contribution in [1.82, 2.24) is 10.2 Å². The van der Waals surface area contributed by atoms with Crippen LogP contribution in [-0.2, 0) is 14.3 Å². The van der Waals surface area contributed by atoms with Crippen molar-refractivity contribution in [3.8, 4) is 0 Å². The molecule has 2 fully saturated rings. The summed E-state index contributed by atoms with van der Waals surface area (Å²) in [5.41, 5.74) is 0.821. The van der Waals surface area contributed by atoms with Gasteiger partial charge in [0, 0.05) is 6.61 Å². The van der Waals surface area contributed by atoms with Gasteiger partial charge in [-0.1, -0.05) is 30.3 Å². The topological polar surface area (TPSA) is 58.6 Å². The Kier molecular flexibility index (Phi) is 3.44. The maximum absolute atomic E-state index is 12.7. The van der Waals surface area contributed by atoms with Crippen molar-refractivity contribution in [2.24, 2.45) is 0 Å². The molecule has 0 bridgehead atoms. The van der Waals surface area contributed by atoms with Crippen molar-refractivity contribution in [1.29, 1.82) is 0 Å². The van der Waals surface area contributed by atoms with E-state index in [4.69, 9.17) is 4.74 Å². The third kappa shape index (κ3) is 2.18. The van der Waals surface area contributed by atoms with E-state index in [0.29, 0.717) is 13.2 Å². The number of amides is 2. The number of carbonyl (C=O) groups excluding carboxylic acids is 2. The molecule has 0 radical (unpaired) electrons. The second kappa shape index (κ2) is 5.25. The number of nitrogens with zero attached hydrogens (tertiary/aromatic N) is 1. The smallest absolute Gasteiger partial charge is 0.250 e. The fourth-order valence-electron chi connectivity index (χ4n) is 2.90. The lowest BCUT2D eigenvalue weighted by Crippen LogP contribution is -2.61. The molecule has 2 heterocycles. The summed E-state index contributed by atoms with van der Waals surface area (Å²) >= 11 is 0. The molecule has 3 rings (SSSR count). The highest BCUT2D eigenvalue weighted by atomic mass is 16.5. The molecule has 3 unspecified atom stereocenters. The van der Waals surface area contributed by atoms with Crippen LogP contribution in [0.4, 0.5) is 0 Å². The Morgan fingerprint density at radius 3 is 2.65 bits per heavy atom. The Labute approximate surface area is 117 Å². The molecule has 3 atom stereocenters. The highest BCUT2D eigenvalue weighted by molar-refractivity contribution is 5.97. The molecule has 5 nitrogen and oxygen atoms in total. The van der Waals surface area contributed by atoms with Crippen LogP contribution in [0.5, 0.6) is 0 Å². The van der Waals surface area contributed by atoms with Gasteiger partial charge in [-0.25, -0.2) is 0 Å². The van der Waals surface area contributed by atoms with Crippen LogP contribution >= 0.6 is 0 Å². The van der Waals surface area contributed by atoms with Crippen molar-refractivity contribution in [2.75, 3.05) is 13.2 Å². The highest BCUT2D eigenvalue weighted by Gasteiger charge is 2.43. The zero-order valence-corrected chi connectivity index (χ0v) is 11.4. The summed E-state index contributed by atoms with van der Waals surface area (Å²) in [6.07, 6.45) is 0.796. The van der Waals surface area contributed by atoms with Gasteiger partial charge in [0.2, 0.25) is 5.91 Å². The monoisotopic (exact) mass is 274 g/mol. The average molecular weight is 274 g/mol. The van der Waals surface area contributed by atoms with Crippen LogP contribution < -0.4 is 5.32 Å². The van der Waals surface area contributed by atoms with Crippen molar-refractivity contribution >= 4 is 11.8 Å². The fourth-order valence-corrected chi connectivity index (χ4v) is 2.90. The van der Waals surface area contributed by atoms with Crippen molar-refractivity contribution in [3.05, 3.63) is 35.9 Å². The van der Waals surface area contributed by atoms with E-state index in [0.717, 1.165) is 12.0 Å². The van der Waals surface area contributed by atoms with Crippen molar-refractivity contribution < 1.29 is 14.3 Å². The first kappa shape index (κ1) is 13.1. The maximum Gasteiger partial charge on any atom is 0.250 e. The normalized spacial score (nSPS) is 30.4. The van der Waals surface area contributed by atoms with Gasteiger partial charge in [-0.05, 0) is 18.9 Å². The Bertz CT molecular complexity index is 511. The molecule has 2 aliphatic heterocycles. The van der Waals surface area contributed by atoms with Gasteiger partial charge >= 0.3 is 0 Å². The van der Waals surface area contributed by atoms with E-state index in [1.807, 2.05) is 30.3 Å². The number of ether oxygens (including phenoxy) is 1. The van der Waals surface area contributed by atoms with E-state index in [-0.39, 0.29) is 17.9 Å². The minimum absolute atomic E-state index is 0.00904. The highest BCUT2D eigenvalue weighted by Crippen LogP contribution is 2.26. The predicted octanol–water partition coefficient (Wildman–Crippen LogP) is 0.863. The van der Waals surface area contributed by atoms with Crippen LogP contribution in [0.2, 0.25) is 0 Å². The molecule has 106 valence electrons. The number of piperazine rings is 1. The van der Waals surface area contributed by atoms with E-state index in [1.165, 1.54) is 0 Å². The summed E-state index contributed by atoms with van der Waals surface area (Å²) < 4.78 is 5.36. The van der Waals surface area contributed by atoms with Crippen LogP contribution in [0, 0.1) is 0 Å². The molecule has 20 heavy (non-hydrogen) atoms. The van der Waals surface area contributed by atoms with Crippen LogP contribution in [-0.4, -0.2) is 42.0 Å². The largest absolute Gasteiger partial charge is 0.379 e. The Morgan fingerprint density at radius 2 is 2.00 bits per heavy atom. The molecule has 2 aliphatic rings. The summed E-state index contributed by atoms with van der Waals surface area (Å²) in [4.78, 5) is 26.6. The van der Waals surface area contributed by atoms with Gasteiger partial charge < -0.3 is 15.0 Å². The zero-order chi connectivity index (χ0) is 14.1. The summed E-state index contributed by atoms with van der Waals surface area (Å²) in [5.74, 6) is -0.149.